The maximum absolute atomic E-state index is 13.6. The molecule has 1 atom stereocenters. The van der Waals surface area contributed by atoms with Crippen LogP contribution >= 0.6 is 15.9 Å². The average Bonchev–Trinajstić information content (AvgIpc) is 2.42. The van der Waals surface area contributed by atoms with Crippen LogP contribution in [0, 0.1) is 5.82 Å². The lowest BCUT2D eigenvalue weighted by Gasteiger charge is -2.17. The van der Waals surface area contributed by atoms with E-state index in [2.05, 4.69) is 21.2 Å². The van der Waals surface area contributed by atoms with E-state index in [1.54, 1.807) is 18.2 Å². The summed E-state index contributed by atoms with van der Waals surface area (Å²) < 4.78 is 20.3. The molecule has 2 aromatic carbocycles. The summed E-state index contributed by atoms with van der Waals surface area (Å²) in [6, 6.07) is 12.2. The van der Waals surface area contributed by atoms with Crippen molar-refractivity contribution in [3.63, 3.8) is 0 Å². The summed E-state index contributed by atoms with van der Waals surface area (Å²) in [6.07, 6.45) is 0. The molecule has 1 N–H and O–H groups in total. The topological polar surface area (TPSA) is 21.3 Å². The van der Waals surface area contributed by atoms with Crippen molar-refractivity contribution in [3.05, 3.63) is 58.3 Å². The van der Waals surface area contributed by atoms with Crippen molar-refractivity contribution in [2.75, 3.05) is 7.05 Å². The maximum atomic E-state index is 13.6. The Kier molecular flexibility index (Phi) is 4.56. The standard InChI is InChI=1S/C15H15BrFNO/c1-10(18-2)12-9-11(16)7-8-14(12)19-15-6-4-3-5-13(15)17/h3-10,18H,1-2H3. The first kappa shape index (κ1) is 14.0. The lowest BCUT2D eigenvalue weighted by Crippen LogP contribution is -2.13. The van der Waals surface area contributed by atoms with Gasteiger partial charge in [0.25, 0.3) is 0 Å². The second-order valence-electron chi connectivity index (χ2n) is 4.22. The van der Waals surface area contributed by atoms with Crippen LogP contribution in [0.1, 0.15) is 18.5 Å². The number of hydrogen-bond donors (Lipinski definition) is 1. The highest BCUT2D eigenvalue weighted by Gasteiger charge is 2.13. The molecule has 4 heteroatoms. The average molecular weight is 324 g/mol. The van der Waals surface area contributed by atoms with Crippen LogP contribution < -0.4 is 10.1 Å². The van der Waals surface area contributed by atoms with E-state index in [-0.39, 0.29) is 17.6 Å². The molecule has 2 nitrogen and oxygen atoms in total. The van der Waals surface area contributed by atoms with Gasteiger partial charge in [0, 0.05) is 16.1 Å². The molecule has 0 radical (unpaired) electrons. The van der Waals surface area contributed by atoms with Crippen molar-refractivity contribution in [2.45, 2.75) is 13.0 Å². The summed E-state index contributed by atoms with van der Waals surface area (Å²) in [4.78, 5) is 0. The van der Waals surface area contributed by atoms with Gasteiger partial charge < -0.3 is 10.1 Å². The summed E-state index contributed by atoms with van der Waals surface area (Å²) in [6.45, 7) is 2.02. The minimum Gasteiger partial charge on any atom is -0.454 e. The number of rotatable bonds is 4. The van der Waals surface area contributed by atoms with Crippen molar-refractivity contribution >= 4 is 15.9 Å². The molecule has 0 aromatic heterocycles. The Balaban J connectivity index is 2.37. The first-order valence-electron chi connectivity index (χ1n) is 6.01. The molecule has 0 saturated carbocycles. The van der Waals surface area contributed by atoms with Crippen molar-refractivity contribution in [3.8, 4) is 11.5 Å². The lowest BCUT2D eigenvalue weighted by atomic mass is 10.1. The molecule has 0 amide bonds. The van der Waals surface area contributed by atoms with Gasteiger partial charge in [-0.15, -0.1) is 0 Å². The third kappa shape index (κ3) is 3.33. The Morgan fingerprint density at radius 1 is 1.16 bits per heavy atom. The third-order valence-corrected chi connectivity index (χ3v) is 3.42. The molecule has 19 heavy (non-hydrogen) atoms. The highest BCUT2D eigenvalue weighted by molar-refractivity contribution is 9.10. The first-order valence-corrected chi connectivity index (χ1v) is 6.80. The normalized spacial score (nSPS) is 12.2. The van der Waals surface area contributed by atoms with Crippen LogP contribution in [0.2, 0.25) is 0 Å². The van der Waals surface area contributed by atoms with E-state index in [0.717, 1.165) is 10.0 Å². The Labute approximate surface area is 120 Å². The third-order valence-electron chi connectivity index (χ3n) is 2.93. The molecule has 0 bridgehead atoms. The van der Waals surface area contributed by atoms with E-state index in [9.17, 15) is 4.39 Å². The fourth-order valence-corrected chi connectivity index (χ4v) is 2.13. The molecule has 0 heterocycles. The van der Waals surface area contributed by atoms with Gasteiger partial charge in [-0.3, -0.25) is 0 Å². The molecule has 0 aliphatic rings. The quantitative estimate of drug-likeness (QED) is 0.883. The van der Waals surface area contributed by atoms with Crippen LogP contribution in [0.5, 0.6) is 11.5 Å². The number of ether oxygens (including phenoxy) is 1. The first-order chi connectivity index (χ1) is 9.11. The zero-order chi connectivity index (χ0) is 13.8. The van der Waals surface area contributed by atoms with E-state index in [1.807, 2.05) is 32.2 Å². The van der Waals surface area contributed by atoms with Gasteiger partial charge in [-0.1, -0.05) is 28.1 Å². The smallest absolute Gasteiger partial charge is 0.165 e. The highest BCUT2D eigenvalue weighted by atomic mass is 79.9. The fraction of sp³-hybridized carbons (Fsp3) is 0.200. The van der Waals surface area contributed by atoms with Crippen LogP contribution in [0.4, 0.5) is 4.39 Å². The van der Waals surface area contributed by atoms with Crippen molar-refractivity contribution in [2.24, 2.45) is 0 Å². The second-order valence-corrected chi connectivity index (χ2v) is 5.14. The van der Waals surface area contributed by atoms with Crippen molar-refractivity contribution in [1.29, 1.82) is 0 Å². The number of nitrogens with one attached hydrogen (secondary N) is 1. The van der Waals surface area contributed by atoms with Gasteiger partial charge >= 0.3 is 0 Å². The van der Waals surface area contributed by atoms with Crippen LogP contribution in [0.25, 0.3) is 0 Å². The summed E-state index contributed by atoms with van der Waals surface area (Å²) in [5.41, 5.74) is 0.972. The summed E-state index contributed by atoms with van der Waals surface area (Å²) in [5.74, 6) is 0.512. The molecule has 0 aliphatic heterocycles. The molecule has 100 valence electrons. The molecular weight excluding hydrogens is 309 g/mol. The van der Waals surface area contributed by atoms with E-state index in [1.165, 1.54) is 6.07 Å². The van der Waals surface area contributed by atoms with Crippen LogP contribution in [-0.2, 0) is 0 Å². The SMILES string of the molecule is CNC(C)c1cc(Br)ccc1Oc1ccccc1F. The van der Waals surface area contributed by atoms with Gasteiger partial charge in [0.05, 0.1) is 0 Å². The summed E-state index contributed by atoms with van der Waals surface area (Å²) in [5, 5.41) is 3.15. The largest absolute Gasteiger partial charge is 0.454 e. The van der Waals surface area contributed by atoms with E-state index < -0.39 is 0 Å². The Hall–Kier alpha value is -1.39. The second kappa shape index (κ2) is 6.17. The molecule has 2 rings (SSSR count). The number of benzene rings is 2. The van der Waals surface area contributed by atoms with Gasteiger partial charge in [-0.2, -0.15) is 0 Å². The number of hydrogen-bond acceptors (Lipinski definition) is 2. The van der Waals surface area contributed by atoms with Crippen LogP contribution in [0.3, 0.4) is 0 Å². The van der Waals surface area contributed by atoms with E-state index in [0.29, 0.717) is 5.75 Å². The molecule has 2 aromatic rings. The summed E-state index contributed by atoms with van der Waals surface area (Å²) >= 11 is 3.44. The van der Waals surface area contributed by atoms with Gasteiger partial charge in [0.2, 0.25) is 0 Å². The summed E-state index contributed by atoms with van der Waals surface area (Å²) in [7, 11) is 1.87. The molecule has 0 fully saturated rings. The molecule has 0 saturated heterocycles. The molecule has 0 aliphatic carbocycles. The van der Waals surface area contributed by atoms with Crippen molar-refractivity contribution in [1.82, 2.24) is 5.32 Å². The zero-order valence-corrected chi connectivity index (χ0v) is 12.4. The van der Waals surface area contributed by atoms with Crippen LogP contribution in [0.15, 0.2) is 46.9 Å². The highest BCUT2D eigenvalue weighted by Crippen LogP contribution is 2.32. The molecule has 0 spiro atoms. The molecule has 1 unspecified atom stereocenters. The number of para-hydroxylation sites is 1. The Bertz CT molecular complexity index is 574. The minimum absolute atomic E-state index is 0.110. The van der Waals surface area contributed by atoms with Crippen LogP contribution in [-0.4, -0.2) is 7.05 Å². The fourth-order valence-electron chi connectivity index (χ4n) is 1.75. The molecular formula is C15H15BrFNO. The number of halogens is 2. The lowest BCUT2D eigenvalue weighted by molar-refractivity contribution is 0.431. The predicted octanol–water partition coefficient (Wildman–Crippen LogP) is 4.66. The van der Waals surface area contributed by atoms with Gasteiger partial charge in [0.15, 0.2) is 11.6 Å². The Morgan fingerprint density at radius 3 is 2.58 bits per heavy atom. The monoisotopic (exact) mass is 323 g/mol. The maximum Gasteiger partial charge on any atom is 0.165 e. The van der Waals surface area contributed by atoms with Gasteiger partial charge in [-0.05, 0) is 44.3 Å². The Morgan fingerprint density at radius 2 is 1.89 bits per heavy atom. The van der Waals surface area contributed by atoms with E-state index >= 15 is 0 Å². The van der Waals surface area contributed by atoms with Crippen molar-refractivity contribution < 1.29 is 9.13 Å². The van der Waals surface area contributed by atoms with Gasteiger partial charge in [-0.25, -0.2) is 4.39 Å². The zero-order valence-electron chi connectivity index (χ0n) is 10.8. The minimum atomic E-state index is -0.367. The predicted molar refractivity (Wildman–Crippen MR) is 78.1 cm³/mol. The van der Waals surface area contributed by atoms with E-state index in [4.69, 9.17) is 4.74 Å². The van der Waals surface area contributed by atoms with Gasteiger partial charge in [0.1, 0.15) is 5.75 Å².